The van der Waals surface area contributed by atoms with Crippen LogP contribution in [0.2, 0.25) is 0 Å². The first-order valence-electron chi connectivity index (χ1n) is 4.88. The predicted molar refractivity (Wildman–Crippen MR) is 65.3 cm³/mol. The quantitative estimate of drug-likeness (QED) is 0.889. The molecule has 2 nitrogen and oxygen atoms in total. The Morgan fingerprint density at radius 3 is 2.80 bits per heavy atom. The minimum absolute atomic E-state index is 0.410. The van der Waals surface area contributed by atoms with Gasteiger partial charge in [0.2, 0.25) is 0 Å². The molecule has 0 amide bonds. The molecule has 1 aromatic rings. The van der Waals surface area contributed by atoms with Gasteiger partial charge in [-0.3, -0.25) is 0 Å². The van der Waals surface area contributed by atoms with E-state index in [-0.39, 0.29) is 0 Å². The summed E-state index contributed by atoms with van der Waals surface area (Å²) in [7, 11) is 0. The van der Waals surface area contributed by atoms with Gasteiger partial charge < -0.3 is 9.84 Å². The SMILES string of the molecule is C=C(Br)COc1ccccc1[C@@H](O)CC. The van der Waals surface area contributed by atoms with Gasteiger partial charge in [0.1, 0.15) is 12.4 Å². The van der Waals surface area contributed by atoms with Crippen LogP contribution in [-0.2, 0) is 0 Å². The van der Waals surface area contributed by atoms with Crippen LogP contribution in [0.3, 0.4) is 0 Å². The molecule has 0 aliphatic heterocycles. The zero-order valence-electron chi connectivity index (χ0n) is 8.74. The molecule has 0 heterocycles. The highest BCUT2D eigenvalue weighted by atomic mass is 79.9. The summed E-state index contributed by atoms with van der Waals surface area (Å²) < 4.78 is 6.30. The van der Waals surface area contributed by atoms with E-state index >= 15 is 0 Å². The zero-order valence-corrected chi connectivity index (χ0v) is 10.3. The number of ether oxygens (including phenoxy) is 1. The number of para-hydroxylation sites is 1. The van der Waals surface area contributed by atoms with E-state index < -0.39 is 6.10 Å². The minimum Gasteiger partial charge on any atom is -0.488 e. The second-order valence-electron chi connectivity index (χ2n) is 3.27. The second-order valence-corrected chi connectivity index (χ2v) is 4.39. The summed E-state index contributed by atoms with van der Waals surface area (Å²) in [6, 6.07) is 7.51. The fourth-order valence-corrected chi connectivity index (χ4v) is 1.38. The highest BCUT2D eigenvalue weighted by Crippen LogP contribution is 2.27. The molecule has 0 saturated heterocycles. The van der Waals surface area contributed by atoms with Gasteiger partial charge in [-0.1, -0.05) is 47.6 Å². The summed E-state index contributed by atoms with van der Waals surface area (Å²) in [6.07, 6.45) is 0.208. The van der Waals surface area contributed by atoms with Crippen LogP contribution in [-0.4, -0.2) is 11.7 Å². The number of aliphatic hydroxyl groups is 1. The molecule has 0 unspecified atom stereocenters. The highest BCUT2D eigenvalue weighted by molar-refractivity contribution is 9.11. The Hall–Kier alpha value is -0.800. The zero-order chi connectivity index (χ0) is 11.3. The number of benzene rings is 1. The second kappa shape index (κ2) is 5.93. The molecule has 1 rings (SSSR count). The lowest BCUT2D eigenvalue weighted by Gasteiger charge is -2.14. The molecular formula is C12H15BrO2. The van der Waals surface area contributed by atoms with Gasteiger partial charge in [-0.15, -0.1) is 0 Å². The van der Waals surface area contributed by atoms with Gasteiger partial charge in [-0.05, 0) is 12.5 Å². The molecule has 0 radical (unpaired) electrons. The maximum Gasteiger partial charge on any atom is 0.125 e. The van der Waals surface area contributed by atoms with Gasteiger partial charge in [0.05, 0.1) is 6.10 Å². The summed E-state index contributed by atoms with van der Waals surface area (Å²) in [6.45, 7) is 6.04. The van der Waals surface area contributed by atoms with Crippen molar-refractivity contribution in [3.8, 4) is 5.75 Å². The third-order valence-electron chi connectivity index (χ3n) is 2.05. The number of halogens is 1. The molecule has 0 saturated carbocycles. The molecule has 0 aliphatic rings. The average molecular weight is 271 g/mol. The smallest absolute Gasteiger partial charge is 0.125 e. The van der Waals surface area contributed by atoms with E-state index in [0.29, 0.717) is 18.8 Å². The van der Waals surface area contributed by atoms with Crippen LogP contribution in [0.15, 0.2) is 35.3 Å². The van der Waals surface area contributed by atoms with E-state index in [1.807, 2.05) is 31.2 Å². The van der Waals surface area contributed by atoms with Crippen LogP contribution in [0.5, 0.6) is 5.75 Å². The summed E-state index contributed by atoms with van der Waals surface area (Å²) in [4.78, 5) is 0. The molecule has 1 aromatic carbocycles. The highest BCUT2D eigenvalue weighted by Gasteiger charge is 2.10. The first kappa shape index (κ1) is 12.3. The van der Waals surface area contributed by atoms with E-state index in [0.717, 1.165) is 10.0 Å². The van der Waals surface area contributed by atoms with E-state index in [4.69, 9.17) is 4.74 Å². The van der Waals surface area contributed by atoms with Crippen molar-refractivity contribution in [2.45, 2.75) is 19.4 Å². The van der Waals surface area contributed by atoms with Crippen molar-refractivity contribution in [1.82, 2.24) is 0 Å². The Bertz CT molecular complexity index is 336. The Labute approximate surface area is 98.7 Å². The minimum atomic E-state index is -0.468. The maximum atomic E-state index is 9.76. The van der Waals surface area contributed by atoms with Gasteiger partial charge in [-0.25, -0.2) is 0 Å². The summed E-state index contributed by atoms with van der Waals surface area (Å²) in [5.41, 5.74) is 0.828. The molecule has 3 heteroatoms. The van der Waals surface area contributed by atoms with Crippen LogP contribution in [0.4, 0.5) is 0 Å². The first-order valence-corrected chi connectivity index (χ1v) is 5.67. The number of hydrogen-bond donors (Lipinski definition) is 1. The van der Waals surface area contributed by atoms with Crippen LogP contribution < -0.4 is 4.74 Å². The van der Waals surface area contributed by atoms with Crippen molar-refractivity contribution in [2.75, 3.05) is 6.61 Å². The van der Waals surface area contributed by atoms with Gasteiger partial charge >= 0.3 is 0 Å². The standard InChI is InChI=1S/C12H15BrO2/c1-3-11(14)10-6-4-5-7-12(10)15-8-9(2)13/h4-7,11,14H,2-3,8H2,1H3/t11-/m0/s1. The van der Waals surface area contributed by atoms with Crippen molar-refractivity contribution in [3.05, 3.63) is 40.9 Å². The fourth-order valence-electron chi connectivity index (χ4n) is 1.26. The number of hydrogen-bond acceptors (Lipinski definition) is 2. The monoisotopic (exact) mass is 270 g/mol. The van der Waals surface area contributed by atoms with Crippen molar-refractivity contribution in [2.24, 2.45) is 0 Å². The fraction of sp³-hybridized carbons (Fsp3) is 0.333. The molecule has 1 N–H and O–H groups in total. The summed E-state index contributed by atoms with van der Waals surface area (Å²) in [5, 5.41) is 9.76. The summed E-state index contributed by atoms with van der Waals surface area (Å²) in [5.74, 6) is 0.715. The Balaban J connectivity index is 2.81. The molecule has 0 bridgehead atoms. The van der Waals surface area contributed by atoms with Crippen LogP contribution >= 0.6 is 15.9 Å². The van der Waals surface area contributed by atoms with Gasteiger partial charge in [-0.2, -0.15) is 0 Å². The Kier molecular flexibility index (Phi) is 4.85. The van der Waals surface area contributed by atoms with Crippen molar-refractivity contribution in [3.63, 3.8) is 0 Å². The Morgan fingerprint density at radius 2 is 2.20 bits per heavy atom. The van der Waals surface area contributed by atoms with E-state index in [2.05, 4.69) is 22.5 Å². The molecule has 1 atom stereocenters. The normalized spacial score (nSPS) is 12.2. The van der Waals surface area contributed by atoms with Crippen LogP contribution in [0.1, 0.15) is 25.0 Å². The van der Waals surface area contributed by atoms with E-state index in [1.54, 1.807) is 0 Å². The Morgan fingerprint density at radius 1 is 1.53 bits per heavy atom. The van der Waals surface area contributed by atoms with Crippen LogP contribution in [0.25, 0.3) is 0 Å². The van der Waals surface area contributed by atoms with Crippen molar-refractivity contribution in [1.29, 1.82) is 0 Å². The van der Waals surface area contributed by atoms with Gasteiger partial charge in [0.15, 0.2) is 0 Å². The molecule has 0 aliphatic carbocycles. The summed E-state index contributed by atoms with van der Waals surface area (Å²) >= 11 is 3.23. The maximum absolute atomic E-state index is 9.76. The van der Waals surface area contributed by atoms with Gasteiger partial charge in [0.25, 0.3) is 0 Å². The molecule has 15 heavy (non-hydrogen) atoms. The van der Waals surface area contributed by atoms with Gasteiger partial charge in [0, 0.05) is 10.0 Å². The lowest BCUT2D eigenvalue weighted by atomic mass is 10.1. The molecule has 0 aromatic heterocycles. The lowest BCUT2D eigenvalue weighted by molar-refractivity contribution is 0.168. The average Bonchev–Trinajstić information content (AvgIpc) is 2.25. The first-order chi connectivity index (χ1) is 7.15. The van der Waals surface area contributed by atoms with Crippen molar-refractivity contribution < 1.29 is 9.84 Å². The lowest BCUT2D eigenvalue weighted by Crippen LogP contribution is -2.03. The third-order valence-corrected chi connectivity index (χ3v) is 2.28. The molecule has 0 fully saturated rings. The van der Waals surface area contributed by atoms with E-state index in [9.17, 15) is 5.11 Å². The van der Waals surface area contributed by atoms with E-state index in [1.165, 1.54) is 0 Å². The number of aliphatic hydroxyl groups excluding tert-OH is 1. The molecule has 82 valence electrons. The van der Waals surface area contributed by atoms with Crippen molar-refractivity contribution >= 4 is 15.9 Å². The number of rotatable bonds is 5. The topological polar surface area (TPSA) is 29.5 Å². The predicted octanol–water partition coefficient (Wildman–Crippen LogP) is 3.42. The molecular weight excluding hydrogens is 256 g/mol. The van der Waals surface area contributed by atoms with Crippen LogP contribution in [0, 0.1) is 0 Å². The largest absolute Gasteiger partial charge is 0.488 e. The third kappa shape index (κ3) is 3.68. The molecule has 0 spiro atoms.